The Balaban J connectivity index is 1.38. The maximum atomic E-state index is 12.6. The number of amides is 1. The smallest absolute Gasteiger partial charge is 0.222 e. The monoisotopic (exact) mass is 393 g/mol. The number of piperidine rings is 2. The van der Waals surface area contributed by atoms with Crippen molar-refractivity contribution in [1.29, 1.82) is 0 Å². The summed E-state index contributed by atoms with van der Waals surface area (Å²) in [5.41, 5.74) is 2.31. The van der Waals surface area contributed by atoms with E-state index in [0.717, 1.165) is 49.4 Å². The third-order valence-corrected chi connectivity index (χ3v) is 6.96. The van der Waals surface area contributed by atoms with Gasteiger partial charge in [0.2, 0.25) is 5.91 Å². The normalized spacial score (nSPS) is 22.9. The number of likely N-dealkylation sites (tertiary alicyclic amines) is 1. The molecule has 6 nitrogen and oxygen atoms in total. The van der Waals surface area contributed by atoms with Gasteiger partial charge in [0.25, 0.3) is 0 Å². The number of carbonyl (C=O) groups excluding carboxylic acids is 1. The molecule has 1 spiro atoms. The average Bonchev–Trinajstić information content (AvgIpc) is 3.21. The zero-order valence-corrected chi connectivity index (χ0v) is 16.6. The minimum Gasteiger partial charge on any atom is -0.355 e. The number of hydrogen-bond donors (Lipinski definition) is 0. The molecule has 0 N–H and O–H groups in total. The second-order valence-electron chi connectivity index (χ2n) is 7.96. The van der Waals surface area contributed by atoms with Gasteiger partial charge in [0.05, 0.1) is 10.2 Å². The van der Waals surface area contributed by atoms with Gasteiger partial charge in [0.1, 0.15) is 12.1 Å². The Bertz CT molecular complexity index is 991. The Morgan fingerprint density at radius 1 is 1.11 bits per heavy atom. The molecule has 1 amide bonds. The third kappa shape index (κ3) is 3.24. The largest absolute Gasteiger partial charge is 0.355 e. The number of pyridine rings is 1. The Hall–Kier alpha value is -2.54. The fraction of sp³-hybridized carbons (Fsp3) is 0.429. The summed E-state index contributed by atoms with van der Waals surface area (Å²) in [6, 6.07) is 6.05. The SMILES string of the molecule is O=C1CC[C@@]2(CCCN(c3ncnc4ccsc34)C2)CN1Cc1ccncc1. The van der Waals surface area contributed by atoms with E-state index < -0.39 is 0 Å². The van der Waals surface area contributed by atoms with Gasteiger partial charge in [-0.15, -0.1) is 11.3 Å². The lowest BCUT2D eigenvalue weighted by molar-refractivity contribution is -0.138. The van der Waals surface area contributed by atoms with E-state index in [1.165, 1.54) is 11.1 Å². The molecule has 0 aliphatic carbocycles. The molecule has 0 aromatic carbocycles. The molecule has 2 fully saturated rings. The molecule has 5 rings (SSSR count). The summed E-state index contributed by atoms with van der Waals surface area (Å²) >= 11 is 1.71. The Kier molecular flexibility index (Phi) is 4.47. The Morgan fingerprint density at radius 3 is 2.89 bits per heavy atom. The number of hydrogen-bond acceptors (Lipinski definition) is 6. The van der Waals surface area contributed by atoms with Crippen LogP contribution in [-0.4, -0.2) is 45.4 Å². The second-order valence-corrected chi connectivity index (χ2v) is 8.88. The van der Waals surface area contributed by atoms with Crippen LogP contribution >= 0.6 is 11.3 Å². The highest BCUT2D eigenvalue weighted by atomic mass is 32.1. The predicted octanol–water partition coefficient (Wildman–Crippen LogP) is 3.50. The fourth-order valence-electron chi connectivity index (χ4n) is 4.68. The zero-order chi connectivity index (χ0) is 19.0. The van der Waals surface area contributed by atoms with Crippen LogP contribution in [0.15, 0.2) is 42.3 Å². The predicted molar refractivity (Wildman–Crippen MR) is 110 cm³/mol. The number of anilines is 1. The van der Waals surface area contributed by atoms with Gasteiger partial charge in [0, 0.05) is 50.4 Å². The van der Waals surface area contributed by atoms with Gasteiger partial charge in [-0.3, -0.25) is 9.78 Å². The maximum absolute atomic E-state index is 12.6. The van der Waals surface area contributed by atoms with Crippen molar-refractivity contribution in [3.63, 3.8) is 0 Å². The molecular formula is C21H23N5OS. The Labute approximate surface area is 168 Å². The highest BCUT2D eigenvalue weighted by Crippen LogP contribution is 2.41. The number of nitrogens with zero attached hydrogens (tertiary/aromatic N) is 5. The number of aromatic nitrogens is 3. The van der Waals surface area contributed by atoms with Crippen LogP contribution in [0.2, 0.25) is 0 Å². The second kappa shape index (κ2) is 7.13. The van der Waals surface area contributed by atoms with E-state index in [1.54, 1.807) is 30.1 Å². The highest BCUT2D eigenvalue weighted by molar-refractivity contribution is 7.17. The molecule has 2 aliphatic heterocycles. The maximum Gasteiger partial charge on any atom is 0.222 e. The topological polar surface area (TPSA) is 62.2 Å². The van der Waals surface area contributed by atoms with Crippen molar-refractivity contribution in [3.05, 3.63) is 47.9 Å². The van der Waals surface area contributed by atoms with E-state index in [9.17, 15) is 4.79 Å². The lowest BCUT2D eigenvalue weighted by Crippen LogP contribution is -2.54. The minimum absolute atomic E-state index is 0.147. The first-order valence-electron chi connectivity index (χ1n) is 9.82. The zero-order valence-electron chi connectivity index (χ0n) is 15.8. The van der Waals surface area contributed by atoms with Gasteiger partial charge >= 0.3 is 0 Å². The first-order chi connectivity index (χ1) is 13.7. The molecule has 28 heavy (non-hydrogen) atoms. The minimum atomic E-state index is 0.147. The van der Waals surface area contributed by atoms with E-state index in [2.05, 4.69) is 31.3 Å². The number of carbonyl (C=O) groups is 1. The standard InChI is InChI=1S/C21H23N5OS/c27-18-2-7-21(14-26(18)12-16-3-8-22-9-4-16)6-1-10-25(13-21)20-19-17(5-11-28-19)23-15-24-20/h3-5,8-9,11,15H,1-2,6-7,10,12-14H2/t21-/m1/s1. The van der Waals surface area contributed by atoms with Crippen LogP contribution in [0.4, 0.5) is 5.82 Å². The number of fused-ring (bicyclic) bond motifs is 1. The molecule has 0 unspecified atom stereocenters. The molecule has 144 valence electrons. The summed E-state index contributed by atoms with van der Waals surface area (Å²) in [4.78, 5) is 30.1. The summed E-state index contributed by atoms with van der Waals surface area (Å²) in [5, 5.41) is 2.08. The van der Waals surface area contributed by atoms with Crippen LogP contribution in [-0.2, 0) is 11.3 Å². The first-order valence-corrected chi connectivity index (χ1v) is 10.7. The third-order valence-electron chi connectivity index (χ3n) is 6.06. The molecular weight excluding hydrogens is 370 g/mol. The molecule has 1 atom stereocenters. The van der Waals surface area contributed by atoms with E-state index in [-0.39, 0.29) is 11.3 Å². The van der Waals surface area contributed by atoms with Crippen LogP contribution < -0.4 is 4.90 Å². The summed E-state index contributed by atoms with van der Waals surface area (Å²) in [7, 11) is 0. The van der Waals surface area contributed by atoms with Gasteiger partial charge in [-0.2, -0.15) is 0 Å². The van der Waals surface area contributed by atoms with Crippen LogP contribution in [0.3, 0.4) is 0 Å². The highest BCUT2D eigenvalue weighted by Gasteiger charge is 2.42. The van der Waals surface area contributed by atoms with Crippen LogP contribution in [0.1, 0.15) is 31.2 Å². The molecule has 0 saturated carbocycles. The lowest BCUT2D eigenvalue weighted by atomic mass is 9.73. The average molecular weight is 394 g/mol. The molecule has 0 bridgehead atoms. The molecule has 2 aliphatic rings. The number of thiophene rings is 1. The molecule has 2 saturated heterocycles. The molecule has 3 aromatic rings. The molecule has 5 heterocycles. The van der Waals surface area contributed by atoms with Gasteiger partial charge in [-0.1, -0.05) is 0 Å². The number of rotatable bonds is 3. The van der Waals surface area contributed by atoms with Gasteiger partial charge in [-0.25, -0.2) is 9.97 Å². The quantitative estimate of drug-likeness (QED) is 0.682. The van der Waals surface area contributed by atoms with Gasteiger partial charge < -0.3 is 9.80 Å². The van der Waals surface area contributed by atoms with Crippen molar-refractivity contribution in [1.82, 2.24) is 19.9 Å². The summed E-state index contributed by atoms with van der Waals surface area (Å²) < 4.78 is 1.17. The molecule has 3 aromatic heterocycles. The van der Waals surface area contributed by atoms with Crippen molar-refractivity contribution >= 4 is 33.3 Å². The first kappa shape index (κ1) is 17.6. The van der Waals surface area contributed by atoms with Crippen LogP contribution in [0, 0.1) is 5.41 Å². The van der Waals surface area contributed by atoms with Crippen molar-refractivity contribution in [2.24, 2.45) is 5.41 Å². The summed E-state index contributed by atoms with van der Waals surface area (Å²) in [6.45, 7) is 3.47. The van der Waals surface area contributed by atoms with Crippen molar-refractivity contribution in [3.8, 4) is 0 Å². The summed E-state index contributed by atoms with van der Waals surface area (Å²) in [6.07, 6.45) is 9.17. The van der Waals surface area contributed by atoms with Gasteiger partial charge in [-0.05, 0) is 48.4 Å². The lowest BCUT2D eigenvalue weighted by Gasteiger charge is -2.48. The summed E-state index contributed by atoms with van der Waals surface area (Å²) in [5.74, 6) is 1.32. The van der Waals surface area contributed by atoms with E-state index in [4.69, 9.17) is 0 Å². The molecule has 7 heteroatoms. The van der Waals surface area contributed by atoms with E-state index in [1.807, 2.05) is 17.0 Å². The van der Waals surface area contributed by atoms with Crippen molar-refractivity contribution < 1.29 is 4.79 Å². The van der Waals surface area contributed by atoms with E-state index in [0.29, 0.717) is 13.0 Å². The van der Waals surface area contributed by atoms with E-state index >= 15 is 0 Å². The fourth-order valence-corrected chi connectivity index (χ4v) is 5.54. The Morgan fingerprint density at radius 2 is 2.00 bits per heavy atom. The van der Waals surface area contributed by atoms with Crippen LogP contribution in [0.5, 0.6) is 0 Å². The van der Waals surface area contributed by atoms with Crippen LogP contribution in [0.25, 0.3) is 10.2 Å². The van der Waals surface area contributed by atoms with Crippen molar-refractivity contribution in [2.45, 2.75) is 32.2 Å². The molecule has 0 radical (unpaired) electrons. The van der Waals surface area contributed by atoms with Gasteiger partial charge in [0.15, 0.2) is 0 Å². The van der Waals surface area contributed by atoms with Crippen molar-refractivity contribution in [2.75, 3.05) is 24.5 Å².